The van der Waals surface area contributed by atoms with Crippen molar-refractivity contribution in [1.29, 1.82) is 0 Å². The van der Waals surface area contributed by atoms with Crippen molar-refractivity contribution in [2.45, 2.75) is 13.5 Å². The minimum Gasteiger partial charge on any atom is -0.497 e. The van der Waals surface area contributed by atoms with Gasteiger partial charge in [-0.15, -0.1) is 0 Å². The smallest absolute Gasteiger partial charge is 0.218 e. The maximum absolute atomic E-state index is 5.82. The second-order valence-corrected chi connectivity index (χ2v) is 4.10. The van der Waals surface area contributed by atoms with Crippen molar-refractivity contribution < 1.29 is 9.47 Å². The molecule has 0 amide bonds. The third-order valence-corrected chi connectivity index (χ3v) is 2.52. The monoisotopic (exact) mass is 264 g/mol. The van der Waals surface area contributed by atoms with Crippen LogP contribution in [0.4, 0.5) is 0 Å². The summed E-state index contributed by atoms with van der Waals surface area (Å²) in [6.07, 6.45) is 0. The summed E-state index contributed by atoms with van der Waals surface area (Å²) in [4.78, 5) is 8.11. The van der Waals surface area contributed by atoms with E-state index in [0.717, 1.165) is 11.3 Å². The third-order valence-electron chi connectivity index (χ3n) is 2.33. The molecule has 0 aliphatic heterocycles. The molecule has 2 rings (SSSR count). The zero-order valence-corrected chi connectivity index (χ0v) is 10.9. The van der Waals surface area contributed by atoms with E-state index in [9.17, 15) is 0 Å². The molecule has 0 spiro atoms. The molecule has 0 aliphatic rings. The molecule has 0 radical (unpaired) electrons. The topological polar surface area (TPSA) is 44.2 Å². The Morgan fingerprint density at radius 1 is 1.17 bits per heavy atom. The quantitative estimate of drug-likeness (QED) is 0.796. The van der Waals surface area contributed by atoms with Crippen molar-refractivity contribution in [1.82, 2.24) is 9.97 Å². The number of hydrogen-bond donors (Lipinski definition) is 0. The van der Waals surface area contributed by atoms with E-state index in [1.165, 1.54) is 0 Å². The number of ether oxygens (including phenoxy) is 2. The molecule has 0 N–H and O–H groups in total. The summed E-state index contributed by atoms with van der Waals surface area (Å²) in [7, 11) is 1.64. The standard InChI is InChI=1S/C13H13ClN2O2/c1-9-15-12(14)7-13(16-9)18-8-10-3-5-11(17-2)6-4-10/h3-7H,8H2,1-2H3. The highest BCUT2D eigenvalue weighted by molar-refractivity contribution is 6.29. The van der Waals surface area contributed by atoms with E-state index in [1.54, 1.807) is 20.1 Å². The predicted molar refractivity (Wildman–Crippen MR) is 69.1 cm³/mol. The van der Waals surface area contributed by atoms with Crippen LogP contribution in [-0.4, -0.2) is 17.1 Å². The van der Waals surface area contributed by atoms with Crippen molar-refractivity contribution in [2.75, 3.05) is 7.11 Å². The Hall–Kier alpha value is -1.81. The van der Waals surface area contributed by atoms with Gasteiger partial charge in [0.2, 0.25) is 5.88 Å². The molecule has 1 heterocycles. The van der Waals surface area contributed by atoms with E-state index >= 15 is 0 Å². The molecule has 2 aromatic rings. The highest BCUT2D eigenvalue weighted by Gasteiger charge is 2.02. The number of rotatable bonds is 4. The van der Waals surface area contributed by atoms with E-state index in [1.807, 2.05) is 24.3 Å². The Morgan fingerprint density at radius 2 is 1.89 bits per heavy atom. The van der Waals surface area contributed by atoms with Gasteiger partial charge in [-0.2, -0.15) is 4.98 Å². The van der Waals surface area contributed by atoms with E-state index in [0.29, 0.717) is 23.5 Å². The van der Waals surface area contributed by atoms with Crippen molar-refractivity contribution in [3.05, 3.63) is 46.9 Å². The highest BCUT2D eigenvalue weighted by atomic mass is 35.5. The SMILES string of the molecule is COc1ccc(COc2cc(Cl)nc(C)n2)cc1. The number of benzene rings is 1. The lowest BCUT2D eigenvalue weighted by atomic mass is 10.2. The molecule has 0 aliphatic carbocycles. The van der Waals surface area contributed by atoms with Gasteiger partial charge in [-0.3, -0.25) is 0 Å². The first-order valence-corrected chi connectivity index (χ1v) is 5.82. The molecular formula is C13H13ClN2O2. The molecule has 0 atom stereocenters. The molecule has 4 nitrogen and oxygen atoms in total. The highest BCUT2D eigenvalue weighted by Crippen LogP contribution is 2.16. The van der Waals surface area contributed by atoms with Gasteiger partial charge in [-0.25, -0.2) is 4.98 Å². The Balaban J connectivity index is 2.01. The van der Waals surface area contributed by atoms with Crippen molar-refractivity contribution in [2.24, 2.45) is 0 Å². The molecule has 0 bridgehead atoms. The number of halogens is 1. The van der Waals surface area contributed by atoms with E-state index in [-0.39, 0.29) is 0 Å². The minimum absolute atomic E-state index is 0.382. The lowest BCUT2D eigenvalue weighted by molar-refractivity contribution is 0.292. The van der Waals surface area contributed by atoms with Crippen LogP contribution in [0.15, 0.2) is 30.3 Å². The number of nitrogens with zero attached hydrogens (tertiary/aromatic N) is 2. The van der Waals surface area contributed by atoms with Crippen LogP contribution in [0.2, 0.25) is 5.15 Å². The third kappa shape index (κ3) is 3.34. The average molecular weight is 265 g/mol. The van der Waals surface area contributed by atoms with Gasteiger partial charge < -0.3 is 9.47 Å². The van der Waals surface area contributed by atoms with Gasteiger partial charge in [0.15, 0.2) is 0 Å². The molecule has 0 unspecified atom stereocenters. The van der Waals surface area contributed by atoms with Crippen LogP contribution in [0.25, 0.3) is 0 Å². The second-order valence-electron chi connectivity index (χ2n) is 3.71. The maximum Gasteiger partial charge on any atom is 0.218 e. The first kappa shape index (κ1) is 12.6. The Morgan fingerprint density at radius 3 is 2.50 bits per heavy atom. The Kier molecular flexibility index (Phi) is 3.99. The Bertz CT molecular complexity index is 509. The molecule has 0 saturated heterocycles. The van der Waals surface area contributed by atoms with Gasteiger partial charge in [0.05, 0.1) is 7.11 Å². The van der Waals surface area contributed by atoms with Crippen LogP contribution in [-0.2, 0) is 6.61 Å². The first-order chi connectivity index (χ1) is 8.67. The summed E-state index contributed by atoms with van der Waals surface area (Å²) in [5, 5.41) is 0.382. The number of hydrogen-bond acceptors (Lipinski definition) is 4. The van der Waals surface area contributed by atoms with Gasteiger partial charge in [0, 0.05) is 6.07 Å². The zero-order valence-electron chi connectivity index (χ0n) is 10.2. The van der Waals surface area contributed by atoms with Gasteiger partial charge in [0.1, 0.15) is 23.3 Å². The van der Waals surface area contributed by atoms with Crippen molar-refractivity contribution in [3.63, 3.8) is 0 Å². The normalized spacial score (nSPS) is 10.2. The maximum atomic E-state index is 5.82. The fourth-order valence-corrected chi connectivity index (χ4v) is 1.67. The second kappa shape index (κ2) is 5.69. The van der Waals surface area contributed by atoms with E-state index in [2.05, 4.69) is 9.97 Å². The van der Waals surface area contributed by atoms with Gasteiger partial charge in [-0.05, 0) is 24.6 Å². The van der Waals surface area contributed by atoms with Gasteiger partial charge >= 0.3 is 0 Å². The zero-order chi connectivity index (χ0) is 13.0. The van der Waals surface area contributed by atoms with Crippen molar-refractivity contribution >= 4 is 11.6 Å². The Labute approximate surface area is 111 Å². The summed E-state index contributed by atoms with van der Waals surface area (Å²) in [6, 6.07) is 9.24. The molecular weight excluding hydrogens is 252 g/mol. The molecule has 18 heavy (non-hydrogen) atoms. The minimum atomic E-state index is 0.382. The molecule has 0 fully saturated rings. The van der Waals surface area contributed by atoms with Crippen molar-refractivity contribution in [3.8, 4) is 11.6 Å². The number of aromatic nitrogens is 2. The summed E-state index contributed by atoms with van der Waals surface area (Å²) in [5.74, 6) is 1.88. The van der Waals surface area contributed by atoms with Crippen LogP contribution in [0.5, 0.6) is 11.6 Å². The fraction of sp³-hybridized carbons (Fsp3) is 0.231. The average Bonchev–Trinajstić information content (AvgIpc) is 2.36. The molecule has 0 saturated carbocycles. The number of methoxy groups -OCH3 is 1. The van der Waals surface area contributed by atoms with Gasteiger partial charge in [-0.1, -0.05) is 23.7 Å². The summed E-state index contributed by atoms with van der Waals surface area (Å²) >= 11 is 5.82. The van der Waals surface area contributed by atoms with E-state index in [4.69, 9.17) is 21.1 Å². The number of aryl methyl sites for hydroxylation is 1. The van der Waals surface area contributed by atoms with Crippen LogP contribution in [0, 0.1) is 6.92 Å². The first-order valence-electron chi connectivity index (χ1n) is 5.44. The summed E-state index contributed by atoms with van der Waals surface area (Å²) in [6.45, 7) is 2.20. The van der Waals surface area contributed by atoms with Crippen LogP contribution in [0.1, 0.15) is 11.4 Å². The molecule has 5 heteroatoms. The van der Waals surface area contributed by atoms with Crippen LogP contribution >= 0.6 is 11.6 Å². The van der Waals surface area contributed by atoms with E-state index < -0.39 is 0 Å². The van der Waals surface area contributed by atoms with Crippen LogP contribution in [0.3, 0.4) is 0 Å². The fourth-order valence-electron chi connectivity index (χ4n) is 1.46. The molecule has 1 aromatic carbocycles. The summed E-state index contributed by atoms with van der Waals surface area (Å²) in [5.41, 5.74) is 1.03. The lowest BCUT2D eigenvalue weighted by Gasteiger charge is -2.07. The predicted octanol–water partition coefficient (Wildman–Crippen LogP) is 3.03. The van der Waals surface area contributed by atoms with Crippen LogP contribution < -0.4 is 9.47 Å². The largest absolute Gasteiger partial charge is 0.497 e. The van der Waals surface area contributed by atoms with Gasteiger partial charge in [0.25, 0.3) is 0 Å². The molecule has 94 valence electrons. The lowest BCUT2D eigenvalue weighted by Crippen LogP contribution is -1.99. The molecule has 1 aromatic heterocycles. The summed E-state index contributed by atoms with van der Waals surface area (Å²) < 4.78 is 10.6.